The number of carboxylic acid groups (broad SMARTS) is 1. The molecule has 6 heteroatoms. The molecule has 0 aliphatic heterocycles. The van der Waals surface area contributed by atoms with Crippen LogP contribution in [0.15, 0.2) is 29.2 Å². The first-order chi connectivity index (χ1) is 10.6. The van der Waals surface area contributed by atoms with E-state index < -0.39 is 12.0 Å². The average Bonchev–Trinajstić information content (AvgIpc) is 3.30. The molecule has 0 heterocycles. The summed E-state index contributed by atoms with van der Waals surface area (Å²) >= 11 is 1.38. The van der Waals surface area contributed by atoms with Crippen LogP contribution in [0.1, 0.15) is 26.2 Å². The Balaban J connectivity index is 1.77. The minimum Gasteiger partial charge on any atom is -0.494 e. The molecule has 1 fully saturated rings. The van der Waals surface area contributed by atoms with E-state index in [0.29, 0.717) is 18.9 Å². The van der Waals surface area contributed by atoms with E-state index in [9.17, 15) is 9.59 Å². The van der Waals surface area contributed by atoms with Gasteiger partial charge in [0.2, 0.25) is 5.91 Å². The van der Waals surface area contributed by atoms with Crippen LogP contribution in [-0.4, -0.2) is 35.4 Å². The summed E-state index contributed by atoms with van der Waals surface area (Å²) in [6, 6.07) is 6.73. The summed E-state index contributed by atoms with van der Waals surface area (Å²) < 4.78 is 5.35. The predicted octanol–water partition coefficient (Wildman–Crippen LogP) is 2.55. The highest BCUT2D eigenvalue weighted by Gasteiger charge is 2.30. The lowest BCUT2D eigenvalue weighted by atomic mass is 10.1. The lowest BCUT2D eigenvalue weighted by Crippen LogP contribution is -2.41. The van der Waals surface area contributed by atoms with Gasteiger partial charge in [-0.05, 0) is 43.5 Å². The van der Waals surface area contributed by atoms with Crippen molar-refractivity contribution in [2.45, 2.75) is 37.1 Å². The van der Waals surface area contributed by atoms with Gasteiger partial charge in [-0.15, -0.1) is 11.8 Å². The molecule has 1 aliphatic rings. The molecule has 120 valence electrons. The fourth-order valence-electron chi connectivity index (χ4n) is 2.09. The Bertz CT molecular complexity index is 513. The second-order valence-electron chi connectivity index (χ2n) is 5.33. The van der Waals surface area contributed by atoms with Crippen molar-refractivity contribution in [3.05, 3.63) is 24.3 Å². The molecule has 2 rings (SSSR count). The van der Waals surface area contributed by atoms with E-state index in [-0.39, 0.29) is 11.7 Å². The Kier molecular flexibility index (Phi) is 6.12. The summed E-state index contributed by atoms with van der Waals surface area (Å²) in [4.78, 5) is 24.0. The van der Waals surface area contributed by atoms with Gasteiger partial charge in [-0.2, -0.15) is 0 Å². The van der Waals surface area contributed by atoms with Crippen molar-refractivity contribution in [3.8, 4) is 5.75 Å². The monoisotopic (exact) mass is 323 g/mol. The number of hydrogen-bond acceptors (Lipinski definition) is 4. The van der Waals surface area contributed by atoms with Crippen molar-refractivity contribution in [2.24, 2.45) is 5.92 Å². The van der Waals surface area contributed by atoms with E-state index in [1.165, 1.54) is 11.8 Å². The molecule has 1 amide bonds. The Morgan fingerprint density at radius 1 is 1.36 bits per heavy atom. The fourth-order valence-corrected chi connectivity index (χ4v) is 2.80. The van der Waals surface area contributed by atoms with Crippen LogP contribution in [-0.2, 0) is 9.59 Å². The van der Waals surface area contributed by atoms with Crippen LogP contribution in [0.25, 0.3) is 0 Å². The largest absolute Gasteiger partial charge is 0.494 e. The van der Waals surface area contributed by atoms with Crippen LogP contribution < -0.4 is 10.1 Å². The lowest BCUT2D eigenvalue weighted by molar-refractivity contribution is -0.141. The number of benzene rings is 1. The van der Waals surface area contributed by atoms with Crippen LogP contribution in [0.4, 0.5) is 0 Å². The van der Waals surface area contributed by atoms with Gasteiger partial charge in [0.15, 0.2) is 0 Å². The molecule has 2 N–H and O–H groups in total. The molecule has 0 saturated heterocycles. The van der Waals surface area contributed by atoms with Crippen LogP contribution in [0.5, 0.6) is 5.75 Å². The number of carboxylic acids is 1. The first-order valence-electron chi connectivity index (χ1n) is 7.46. The number of aliphatic carboxylic acids is 1. The third-order valence-corrected chi connectivity index (χ3v) is 4.42. The quantitative estimate of drug-likeness (QED) is 0.683. The highest BCUT2D eigenvalue weighted by atomic mass is 32.2. The zero-order valence-corrected chi connectivity index (χ0v) is 13.4. The van der Waals surface area contributed by atoms with Crippen molar-refractivity contribution >= 4 is 23.6 Å². The Labute approximate surface area is 134 Å². The molecular formula is C16H21NO4S. The smallest absolute Gasteiger partial charge is 0.326 e. The summed E-state index contributed by atoms with van der Waals surface area (Å²) in [6.07, 6.45) is 2.68. The highest BCUT2D eigenvalue weighted by molar-refractivity contribution is 8.00. The van der Waals surface area contributed by atoms with Gasteiger partial charge in [-0.1, -0.05) is 12.8 Å². The van der Waals surface area contributed by atoms with Crippen molar-refractivity contribution in [1.29, 1.82) is 0 Å². The number of nitrogens with one attached hydrogen (secondary N) is 1. The molecule has 22 heavy (non-hydrogen) atoms. The first kappa shape index (κ1) is 16.7. The molecule has 1 aliphatic carbocycles. The summed E-state index contributed by atoms with van der Waals surface area (Å²) in [7, 11) is 0. The molecule has 1 aromatic carbocycles. The zero-order chi connectivity index (χ0) is 15.9. The maximum Gasteiger partial charge on any atom is 0.326 e. The Morgan fingerprint density at radius 2 is 2.05 bits per heavy atom. The van der Waals surface area contributed by atoms with Crippen LogP contribution in [0.3, 0.4) is 0 Å². The number of rotatable bonds is 9. The minimum atomic E-state index is -0.952. The molecule has 1 atom stereocenters. The number of carbonyl (C=O) groups is 2. The molecule has 0 radical (unpaired) electrons. The predicted molar refractivity (Wildman–Crippen MR) is 85.2 cm³/mol. The van der Waals surface area contributed by atoms with Crippen molar-refractivity contribution < 1.29 is 19.4 Å². The van der Waals surface area contributed by atoms with Crippen molar-refractivity contribution in [1.82, 2.24) is 5.32 Å². The van der Waals surface area contributed by atoms with Gasteiger partial charge < -0.3 is 15.2 Å². The maximum absolute atomic E-state index is 11.9. The SMILES string of the molecule is CCOc1ccc(SCC(=O)NC(CC2CC2)C(=O)O)cc1. The Morgan fingerprint density at radius 3 is 2.59 bits per heavy atom. The average molecular weight is 323 g/mol. The number of hydrogen-bond donors (Lipinski definition) is 2. The van der Waals surface area contributed by atoms with Gasteiger partial charge in [0, 0.05) is 4.90 Å². The van der Waals surface area contributed by atoms with Crippen LogP contribution in [0, 0.1) is 5.92 Å². The molecule has 1 aromatic rings. The zero-order valence-electron chi connectivity index (χ0n) is 12.6. The maximum atomic E-state index is 11.9. The van der Waals surface area contributed by atoms with Gasteiger partial charge in [-0.3, -0.25) is 4.79 Å². The van der Waals surface area contributed by atoms with Crippen LogP contribution in [0.2, 0.25) is 0 Å². The molecular weight excluding hydrogens is 302 g/mol. The third-order valence-electron chi connectivity index (χ3n) is 3.40. The number of carbonyl (C=O) groups excluding carboxylic acids is 1. The van der Waals surface area contributed by atoms with Crippen molar-refractivity contribution in [3.63, 3.8) is 0 Å². The fraction of sp³-hybridized carbons (Fsp3) is 0.500. The molecule has 0 spiro atoms. The summed E-state index contributed by atoms with van der Waals surface area (Å²) in [5.74, 6) is 0.271. The van der Waals surface area contributed by atoms with Gasteiger partial charge in [0.25, 0.3) is 0 Å². The van der Waals surface area contributed by atoms with E-state index in [1.54, 1.807) is 0 Å². The Hall–Kier alpha value is -1.69. The number of amides is 1. The lowest BCUT2D eigenvalue weighted by Gasteiger charge is -2.14. The highest BCUT2D eigenvalue weighted by Crippen LogP contribution is 2.33. The topological polar surface area (TPSA) is 75.6 Å². The molecule has 5 nitrogen and oxygen atoms in total. The normalized spacial score (nSPS) is 15.1. The second-order valence-corrected chi connectivity index (χ2v) is 6.38. The summed E-state index contributed by atoms with van der Waals surface area (Å²) in [5, 5.41) is 11.7. The van der Waals surface area contributed by atoms with E-state index in [1.807, 2.05) is 31.2 Å². The number of thioether (sulfide) groups is 1. The molecule has 1 saturated carbocycles. The third kappa shape index (κ3) is 5.60. The molecule has 0 aromatic heterocycles. The van der Waals surface area contributed by atoms with Gasteiger partial charge in [0.1, 0.15) is 11.8 Å². The van der Waals surface area contributed by atoms with Crippen LogP contribution >= 0.6 is 11.8 Å². The van der Waals surface area contributed by atoms with Gasteiger partial charge in [-0.25, -0.2) is 4.79 Å². The number of ether oxygens (including phenoxy) is 1. The van der Waals surface area contributed by atoms with E-state index in [2.05, 4.69) is 5.32 Å². The summed E-state index contributed by atoms with van der Waals surface area (Å²) in [6.45, 7) is 2.54. The van der Waals surface area contributed by atoms with E-state index >= 15 is 0 Å². The van der Waals surface area contributed by atoms with Crippen molar-refractivity contribution in [2.75, 3.05) is 12.4 Å². The second kappa shape index (κ2) is 8.08. The first-order valence-corrected chi connectivity index (χ1v) is 8.45. The van der Waals surface area contributed by atoms with E-state index in [0.717, 1.165) is 23.5 Å². The molecule has 0 bridgehead atoms. The minimum absolute atomic E-state index is 0.211. The van der Waals surface area contributed by atoms with Gasteiger partial charge >= 0.3 is 5.97 Å². The van der Waals surface area contributed by atoms with Gasteiger partial charge in [0.05, 0.1) is 12.4 Å². The molecule has 1 unspecified atom stereocenters. The summed E-state index contributed by atoms with van der Waals surface area (Å²) in [5.41, 5.74) is 0. The van der Waals surface area contributed by atoms with E-state index in [4.69, 9.17) is 9.84 Å². The standard InChI is InChI=1S/C16H21NO4S/c1-2-21-12-5-7-13(8-6-12)22-10-15(18)17-14(16(19)20)9-11-3-4-11/h5-8,11,14H,2-4,9-10H2,1H3,(H,17,18)(H,19,20).